The number of hydrogen-bond acceptors (Lipinski definition) is 5. The normalized spacial score (nSPS) is 10.0. The van der Waals surface area contributed by atoms with Crippen LogP contribution in [-0.4, -0.2) is 18.1 Å². The molecular weight excluding hydrogens is 244 g/mol. The Kier molecular flexibility index (Phi) is 3.66. The number of aryl methyl sites for hydroxylation is 1. The summed E-state index contributed by atoms with van der Waals surface area (Å²) >= 11 is 0. The fourth-order valence-corrected chi connectivity index (χ4v) is 1.55. The molecule has 0 aliphatic rings. The number of hydrogen-bond donors (Lipinski definition) is 1. The second-order valence-corrected chi connectivity index (χ2v) is 4.01. The molecule has 0 radical (unpaired) electrons. The van der Waals surface area contributed by atoms with E-state index < -0.39 is 5.97 Å². The Morgan fingerprint density at radius 2 is 2.05 bits per heavy atom. The molecule has 5 heteroatoms. The predicted molar refractivity (Wildman–Crippen MR) is 71.2 cm³/mol. The standard InChI is InChI=1S/C14H14N2O3/c1-9-3-4-11(15)13(7-9)19-10-5-6-16-12(8-10)14(17)18-2/h3-8H,15H2,1-2H3. The topological polar surface area (TPSA) is 74.4 Å². The molecule has 2 rings (SSSR count). The summed E-state index contributed by atoms with van der Waals surface area (Å²) in [5.74, 6) is 0.511. The first-order chi connectivity index (χ1) is 9.10. The van der Waals surface area contributed by atoms with Crippen molar-refractivity contribution >= 4 is 11.7 Å². The van der Waals surface area contributed by atoms with Crippen LogP contribution in [0.5, 0.6) is 11.5 Å². The Balaban J connectivity index is 2.28. The quantitative estimate of drug-likeness (QED) is 0.676. The van der Waals surface area contributed by atoms with Gasteiger partial charge >= 0.3 is 5.97 Å². The van der Waals surface area contributed by atoms with Crippen molar-refractivity contribution in [1.82, 2.24) is 4.98 Å². The van der Waals surface area contributed by atoms with E-state index in [1.807, 2.05) is 19.1 Å². The SMILES string of the molecule is COC(=O)c1cc(Oc2cc(C)ccc2N)ccn1. The Morgan fingerprint density at radius 1 is 1.26 bits per heavy atom. The molecule has 5 nitrogen and oxygen atoms in total. The molecule has 0 aliphatic heterocycles. The number of nitrogen functional groups attached to an aromatic ring is 1. The molecule has 98 valence electrons. The summed E-state index contributed by atoms with van der Waals surface area (Å²) < 4.78 is 10.3. The molecule has 0 spiro atoms. The Morgan fingerprint density at radius 3 is 2.79 bits per heavy atom. The van der Waals surface area contributed by atoms with Gasteiger partial charge in [-0.1, -0.05) is 6.07 Å². The van der Waals surface area contributed by atoms with Crippen LogP contribution in [0.2, 0.25) is 0 Å². The molecule has 19 heavy (non-hydrogen) atoms. The van der Waals surface area contributed by atoms with E-state index in [1.54, 1.807) is 12.1 Å². The first-order valence-electron chi connectivity index (χ1n) is 5.68. The van der Waals surface area contributed by atoms with Gasteiger partial charge in [-0.15, -0.1) is 0 Å². The molecule has 1 heterocycles. The lowest BCUT2D eigenvalue weighted by atomic mass is 10.2. The minimum absolute atomic E-state index is 0.186. The average Bonchev–Trinajstić information content (AvgIpc) is 2.42. The second-order valence-electron chi connectivity index (χ2n) is 4.01. The summed E-state index contributed by atoms with van der Waals surface area (Å²) in [5, 5.41) is 0. The van der Waals surface area contributed by atoms with Gasteiger partial charge in [0.2, 0.25) is 0 Å². The zero-order chi connectivity index (χ0) is 13.8. The summed E-state index contributed by atoms with van der Waals surface area (Å²) in [6.45, 7) is 1.94. The molecule has 1 aromatic carbocycles. The number of ether oxygens (including phenoxy) is 2. The van der Waals surface area contributed by atoms with Crippen molar-refractivity contribution in [1.29, 1.82) is 0 Å². The molecule has 0 saturated heterocycles. The van der Waals surface area contributed by atoms with Gasteiger partial charge < -0.3 is 15.2 Å². The van der Waals surface area contributed by atoms with E-state index in [1.165, 1.54) is 19.4 Å². The number of methoxy groups -OCH3 is 1. The molecule has 0 aliphatic carbocycles. The van der Waals surface area contributed by atoms with E-state index in [2.05, 4.69) is 9.72 Å². The van der Waals surface area contributed by atoms with Gasteiger partial charge in [0.15, 0.2) is 11.4 Å². The highest BCUT2D eigenvalue weighted by Crippen LogP contribution is 2.28. The predicted octanol–water partition coefficient (Wildman–Crippen LogP) is 2.55. The number of nitrogens with zero attached hydrogens (tertiary/aromatic N) is 1. The largest absolute Gasteiger partial charge is 0.464 e. The molecule has 1 aromatic heterocycles. The third-order valence-corrected chi connectivity index (χ3v) is 2.52. The molecule has 2 aromatic rings. The summed E-state index contributed by atoms with van der Waals surface area (Å²) in [6, 6.07) is 8.65. The van der Waals surface area contributed by atoms with Crippen LogP contribution in [0.25, 0.3) is 0 Å². The minimum Gasteiger partial charge on any atom is -0.464 e. The molecule has 0 fully saturated rings. The number of nitrogens with two attached hydrogens (primary N) is 1. The van der Waals surface area contributed by atoms with Gasteiger partial charge in [0.25, 0.3) is 0 Å². The Bertz CT molecular complexity index is 611. The van der Waals surface area contributed by atoms with Crippen molar-refractivity contribution in [2.75, 3.05) is 12.8 Å². The highest BCUT2D eigenvalue weighted by Gasteiger charge is 2.09. The maximum absolute atomic E-state index is 11.4. The van der Waals surface area contributed by atoms with E-state index >= 15 is 0 Å². The number of aromatic nitrogens is 1. The zero-order valence-electron chi connectivity index (χ0n) is 10.7. The van der Waals surface area contributed by atoms with Gasteiger partial charge in [-0.2, -0.15) is 0 Å². The van der Waals surface area contributed by atoms with Gasteiger partial charge in [-0.25, -0.2) is 9.78 Å². The van der Waals surface area contributed by atoms with Crippen molar-refractivity contribution < 1.29 is 14.3 Å². The van der Waals surface area contributed by atoms with Gasteiger partial charge in [0.1, 0.15) is 5.75 Å². The zero-order valence-corrected chi connectivity index (χ0v) is 10.7. The fourth-order valence-electron chi connectivity index (χ4n) is 1.55. The molecule has 0 atom stereocenters. The van der Waals surface area contributed by atoms with Crippen molar-refractivity contribution in [2.45, 2.75) is 6.92 Å². The van der Waals surface area contributed by atoms with Gasteiger partial charge in [-0.3, -0.25) is 0 Å². The first-order valence-corrected chi connectivity index (χ1v) is 5.68. The molecule has 0 amide bonds. The van der Waals surface area contributed by atoms with Crippen LogP contribution in [0.15, 0.2) is 36.5 Å². The number of anilines is 1. The van der Waals surface area contributed by atoms with Crippen molar-refractivity contribution in [3.63, 3.8) is 0 Å². The Labute approximate surface area is 111 Å². The summed E-state index contributed by atoms with van der Waals surface area (Å²) in [4.78, 5) is 15.3. The van der Waals surface area contributed by atoms with Gasteiger partial charge in [0.05, 0.1) is 12.8 Å². The monoisotopic (exact) mass is 258 g/mol. The van der Waals surface area contributed by atoms with Crippen LogP contribution in [0.3, 0.4) is 0 Å². The Hall–Kier alpha value is -2.56. The number of benzene rings is 1. The lowest BCUT2D eigenvalue weighted by Crippen LogP contribution is -2.04. The molecule has 2 N–H and O–H groups in total. The van der Waals surface area contributed by atoms with Crippen LogP contribution in [0.1, 0.15) is 16.1 Å². The van der Waals surface area contributed by atoms with Crippen LogP contribution < -0.4 is 10.5 Å². The maximum atomic E-state index is 11.4. The van der Waals surface area contributed by atoms with E-state index in [9.17, 15) is 4.79 Å². The third-order valence-electron chi connectivity index (χ3n) is 2.52. The van der Waals surface area contributed by atoms with Crippen LogP contribution in [0.4, 0.5) is 5.69 Å². The number of carbonyl (C=O) groups is 1. The van der Waals surface area contributed by atoms with Gasteiger partial charge in [-0.05, 0) is 30.7 Å². The number of rotatable bonds is 3. The maximum Gasteiger partial charge on any atom is 0.356 e. The molecular formula is C14H14N2O3. The van der Waals surface area contributed by atoms with Gasteiger partial charge in [0, 0.05) is 12.3 Å². The number of carbonyl (C=O) groups excluding carboxylic acids is 1. The minimum atomic E-state index is -0.511. The van der Waals surface area contributed by atoms with E-state index in [-0.39, 0.29) is 5.69 Å². The van der Waals surface area contributed by atoms with Crippen LogP contribution >= 0.6 is 0 Å². The molecule has 0 saturated carbocycles. The lowest BCUT2D eigenvalue weighted by molar-refractivity contribution is 0.0593. The molecule has 0 bridgehead atoms. The highest BCUT2D eigenvalue weighted by atomic mass is 16.5. The van der Waals surface area contributed by atoms with Crippen molar-refractivity contribution in [3.05, 3.63) is 47.8 Å². The van der Waals surface area contributed by atoms with Crippen LogP contribution in [0, 0.1) is 6.92 Å². The van der Waals surface area contributed by atoms with E-state index in [0.29, 0.717) is 17.2 Å². The number of pyridine rings is 1. The second kappa shape index (κ2) is 5.39. The summed E-state index contributed by atoms with van der Waals surface area (Å²) in [7, 11) is 1.30. The molecule has 0 unspecified atom stereocenters. The summed E-state index contributed by atoms with van der Waals surface area (Å²) in [5.41, 5.74) is 7.58. The fraction of sp³-hybridized carbons (Fsp3) is 0.143. The first kappa shape index (κ1) is 12.9. The smallest absolute Gasteiger partial charge is 0.356 e. The number of esters is 1. The van der Waals surface area contributed by atoms with Crippen molar-refractivity contribution in [3.8, 4) is 11.5 Å². The van der Waals surface area contributed by atoms with E-state index in [4.69, 9.17) is 10.5 Å². The highest BCUT2D eigenvalue weighted by molar-refractivity contribution is 5.87. The lowest BCUT2D eigenvalue weighted by Gasteiger charge is -2.09. The van der Waals surface area contributed by atoms with Crippen molar-refractivity contribution in [2.24, 2.45) is 0 Å². The summed E-state index contributed by atoms with van der Waals surface area (Å²) in [6.07, 6.45) is 1.48. The van der Waals surface area contributed by atoms with E-state index in [0.717, 1.165) is 5.56 Å². The van der Waals surface area contributed by atoms with Crippen LogP contribution in [-0.2, 0) is 4.74 Å². The average molecular weight is 258 g/mol. The third kappa shape index (κ3) is 3.01.